The van der Waals surface area contributed by atoms with Gasteiger partial charge in [-0.15, -0.1) is 0 Å². The molecule has 0 fully saturated rings. The van der Waals surface area contributed by atoms with Gasteiger partial charge in [0.1, 0.15) is 16.7 Å². The lowest BCUT2D eigenvalue weighted by molar-refractivity contribution is -0.121. The van der Waals surface area contributed by atoms with E-state index in [1.54, 1.807) is 4.68 Å². The zero-order valence-electron chi connectivity index (χ0n) is 11.5. The molecule has 2 N–H and O–H groups in total. The second-order valence-electron chi connectivity index (χ2n) is 4.36. The molecule has 0 radical (unpaired) electrons. The molecule has 8 heteroatoms. The average molecular weight is 341 g/mol. The maximum Gasteiger partial charge on any atom is 0.220 e. The summed E-state index contributed by atoms with van der Waals surface area (Å²) in [6.07, 6.45) is 2.91. The van der Waals surface area contributed by atoms with E-state index in [0.29, 0.717) is 29.9 Å². The predicted molar refractivity (Wildman–Crippen MR) is 80.4 cm³/mol. The summed E-state index contributed by atoms with van der Waals surface area (Å²) >= 11 is 3.40. The van der Waals surface area contributed by atoms with Gasteiger partial charge >= 0.3 is 0 Å². The van der Waals surface area contributed by atoms with Gasteiger partial charge < -0.3 is 10.6 Å². The molecule has 20 heavy (non-hydrogen) atoms. The first-order valence-corrected chi connectivity index (χ1v) is 7.26. The van der Waals surface area contributed by atoms with Crippen LogP contribution in [-0.4, -0.2) is 38.7 Å². The van der Waals surface area contributed by atoms with Crippen molar-refractivity contribution >= 4 is 38.7 Å². The maximum atomic E-state index is 11.3. The Morgan fingerprint density at radius 1 is 1.40 bits per heavy atom. The van der Waals surface area contributed by atoms with Crippen molar-refractivity contribution in [2.24, 2.45) is 7.05 Å². The zero-order chi connectivity index (χ0) is 14.5. The molecule has 2 heterocycles. The molecule has 2 aromatic heterocycles. The Labute approximate surface area is 125 Å². The molecule has 1 amide bonds. The van der Waals surface area contributed by atoms with Crippen LogP contribution in [0.1, 0.15) is 19.8 Å². The van der Waals surface area contributed by atoms with E-state index < -0.39 is 0 Å². The highest BCUT2D eigenvalue weighted by Crippen LogP contribution is 2.26. The number of amides is 1. The van der Waals surface area contributed by atoms with Crippen molar-refractivity contribution < 1.29 is 4.79 Å². The minimum atomic E-state index is 0.0738. The van der Waals surface area contributed by atoms with Crippen LogP contribution in [0.5, 0.6) is 0 Å². The number of fused-ring (bicyclic) bond motifs is 1. The van der Waals surface area contributed by atoms with Crippen LogP contribution >= 0.6 is 15.9 Å². The molecule has 0 saturated carbocycles. The van der Waals surface area contributed by atoms with Crippen LogP contribution in [0.15, 0.2) is 10.9 Å². The van der Waals surface area contributed by atoms with Crippen LogP contribution in [0.3, 0.4) is 0 Å². The van der Waals surface area contributed by atoms with Gasteiger partial charge in [-0.3, -0.25) is 4.79 Å². The number of aryl methyl sites for hydroxylation is 1. The predicted octanol–water partition coefficient (Wildman–Crippen LogP) is 1.45. The summed E-state index contributed by atoms with van der Waals surface area (Å²) in [6.45, 7) is 3.14. The monoisotopic (exact) mass is 340 g/mol. The van der Waals surface area contributed by atoms with Crippen molar-refractivity contribution in [3.05, 3.63) is 10.9 Å². The van der Waals surface area contributed by atoms with Gasteiger partial charge in [0, 0.05) is 26.6 Å². The van der Waals surface area contributed by atoms with Gasteiger partial charge in [0.2, 0.25) is 5.91 Å². The summed E-state index contributed by atoms with van der Waals surface area (Å²) in [5.41, 5.74) is 0.754. The number of aromatic nitrogens is 4. The summed E-state index contributed by atoms with van der Waals surface area (Å²) in [5, 5.41) is 11.1. The molecule has 0 atom stereocenters. The van der Waals surface area contributed by atoms with Gasteiger partial charge in [-0.1, -0.05) is 6.92 Å². The normalized spacial score (nSPS) is 10.8. The number of carbonyl (C=O) groups is 1. The average Bonchev–Trinajstić information content (AvgIpc) is 2.71. The number of rotatable bonds is 6. The fourth-order valence-electron chi connectivity index (χ4n) is 1.87. The molecule has 2 rings (SSSR count). The van der Waals surface area contributed by atoms with Crippen LogP contribution in [-0.2, 0) is 11.8 Å². The molecule has 2 aromatic rings. The van der Waals surface area contributed by atoms with Crippen molar-refractivity contribution in [2.75, 3.05) is 18.4 Å². The van der Waals surface area contributed by atoms with Crippen LogP contribution in [0.25, 0.3) is 11.0 Å². The van der Waals surface area contributed by atoms with Crippen molar-refractivity contribution in [2.45, 2.75) is 19.8 Å². The molecular weight excluding hydrogens is 324 g/mol. The third-order valence-corrected chi connectivity index (χ3v) is 3.35. The van der Waals surface area contributed by atoms with Crippen LogP contribution < -0.4 is 10.6 Å². The summed E-state index contributed by atoms with van der Waals surface area (Å²) in [7, 11) is 1.83. The highest BCUT2D eigenvalue weighted by molar-refractivity contribution is 9.10. The Balaban J connectivity index is 1.98. The van der Waals surface area contributed by atoms with Crippen molar-refractivity contribution in [3.8, 4) is 0 Å². The molecule has 0 spiro atoms. The molecule has 0 unspecified atom stereocenters. The highest BCUT2D eigenvalue weighted by Gasteiger charge is 2.12. The molecule has 0 aliphatic carbocycles. The standard InChI is InChI=1S/C12H17BrN6O/c1-3-4-8(20)14-5-6-15-11-9-10(13)18-19(2)12(9)17-7-16-11/h7H,3-6H2,1-2H3,(H,14,20)(H,15,16,17). The fraction of sp³-hybridized carbons (Fsp3) is 0.500. The minimum Gasteiger partial charge on any atom is -0.368 e. The van der Waals surface area contributed by atoms with Gasteiger partial charge in [0.25, 0.3) is 0 Å². The molecule has 0 aromatic carbocycles. The third-order valence-electron chi connectivity index (χ3n) is 2.79. The first kappa shape index (κ1) is 14.7. The number of hydrogen-bond acceptors (Lipinski definition) is 5. The van der Waals surface area contributed by atoms with Crippen LogP contribution in [0.2, 0.25) is 0 Å². The quantitative estimate of drug-likeness (QED) is 0.777. The zero-order valence-corrected chi connectivity index (χ0v) is 13.1. The smallest absolute Gasteiger partial charge is 0.220 e. The highest BCUT2D eigenvalue weighted by atomic mass is 79.9. The second-order valence-corrected chi connectivity index (χ2v) is 5.11. The van der Waals surface area contributed by atoms with E-state index in [2.05, 4.69) is 41.6 Å². The largest absolute Gasteiger partial charge is 0.368 e. The van der Waals surface area contributed by atoms with E-state index in [0.717, 1.165) is 17.5 Å². The Bertz CT molecular complexity index is 611. The van der Waals surface area contributed by atoms with Gasteiger partial charge in [0.05, 0.1) is 5.39 Å². The summed E-state index contributed by atoms with van der Waals surface area (Å²) in [5.74, 6) is 0.782. The Morgan fingerprint density at radius 3 is 2.95 bits per heavy atom. The molecule has 0 saturated heterocycles. The maximum absolute atomic E-state index is 11.3. The van der Waals surface area contributed by atoms with Gasteiger partial charge in [-0.05, 0) is 22.4 Å². The number of halogens is 1. The molecule has 0 aliphatic heterocycles. The molecule has 0 bridgehead atoms. The van der Waals surface area contributed by atoms with Crippen LogP contribution in [0.4, 0.5) is 5.82 Å². The SMILES string of the molecule is CCCC(=O)NCCNc1ncnc2c1c(Br)nn2C. The summed E-state index contributed by atoms with van der Waals surface area (Å²) in [6, 6.07) is 0. The first-order valence-electron chi connectivity index (χ1n) is 6.47. The molecule has 0 aliphatic rings. The topological polar surface area (TPSA) is 84.7 Å². The third kappa shape index (κ3) is 3.24. The lowest BCUT2D eigenvalue weighted by Crippen LogP contribution is -2.28. The van der Waals surface area contributed by atoms with E-state index in [1.165, 1.54) is 6.33 Å². The Hall–Kier alpha value is -1.70. The minimum absolute atomic E-state index is 0.0738. The Kier molecular flexibility index (Phi) is 4.89. The van der Waals surface area contributed by atoms with Gasteiger partial charge in [0.15, 0.2) is 5.65 Å². The van der Waals surface area contributed by atoms with Crippen LogP contribution in [0, 0.1) is 0 Å². The number of anilines is 1. The lowest BCUT2D eigenvalue weighted by Gasteiger charge is -2.07. The van der Waals surface area contributed by atoms with E-state index in [9.17, 15) is 4.79 Å². The lowest BCUT2D eigenvalue weighted by atomic mass is 10.3. The number of carbonyl (C=O) groups excluding carboxylic acids is 1. The van der Waals surface area contributed by atoms with E-state index >= 15 is 0 Å². The van der Waals surface area contributed by atoms with Crippen molar-refractivity contribution in [1.82, 2.24) is 25.1 Å². The fourth-order valence-corrected chi connectivity index (χ4v) is 2.48. The van der Waals surface area contributed by atoms with Crippen molar-refractivity contribution in [1.29, 1.82) is 0 Å². The van der Waals surface area contributed by atoms with Gasteiger partial charge in [-0.2, -0.15) is 5.10 Å². The van der Waals surface area contributed by atoms with Crippen molar-refractivity contribution in [3.63, 3.8) is 0 Å². The first-order chi connectivity index (χ1) is 9.63. The van der Waals surface area contributed by atoms with Gasteiger partial charge in [-0.25, -0.2) is 14.6 Å². The summed E-state index contributed by atoms with van der Waals surface area (Å²) < 4.78 is 2.39. The molecular formula is C12H17BrN6O. The second kappa shape index (κ2) is 6.65. The Morgan fingerprint density at radius 2 is 2.20 bits per heavy atom. The number of nitrogens with one attached hydrogen (secondary N) is 2. The number of nitrogens with zero attached hydrogens (tertiary/aromatic N) is 4. The molecule has 108 valence electrons. The molecule has 7 nitrogen and oxygen atoms in total. The van der Waals surface area contributed by atoms with E-state index in [4.69, 9.17) is 0 Å². The summed E-state index contributed by atoms with van der Waals surface area (Å²) in [4.78, 5) is 19.7. The van der Waals surface area contributed by atoms with E-state index in [-0.39, 0.29) is 5.91 Å². The van der Waals surface area contributed by atoms with E-state index in [1.807, 2.05) is 14.0 Å². The number of hydrogen-bond donors (Lipinski definition) is 2.